The van der Waals surface area contributed by atoms with Gasteiger partial charge in [-0.05, 0) is 43.7 Å². The second kappa shape index (κ2) is 11.3. The largest absolute Gasteiger partial charge is 0.489 e. The molecule has 2 aromatic carbocycles. The Morgan fingerprint density at radius 1 is 1.18 bits per heavy atom. The van der Waals surface area contributed by atoms with E-state index in [1.165, 1.54) is 17.4 Å². The highest BCUT2D eigenvalue weighted by Crippen LogP contribution is 2.32. The normalized spacial score (nSPS) is 11.4. The number of aliphatic hydroxyl groups excluding tert-OH is 1. The molecule has 1 heterocycles. The van der Waals surface area contributed by atoms with Crippen molar-refractivity contribution in [2.24, 2.45) is 0 Å². The van der Waals surface area contributed by atoms with Crippen molar-refractivity contribution < 1.29 is 27.8 Å². The fourth-order valence-corrected chi connectivity index (χ4v) is 4.27. The third-order valence-electron chi connectivity index (χ3n) is 5.08. The molecule has 0 spiro atoms. The summed E-state index contributed by atoms with van der Waals surface area (Å²) in [6, 6.07) is 10.3. The highest BCUT2D eigenvalue weighted by molar-refractivity contribution is 7.15. The van der Waals surface area contributed by atoms with Crippen LogP contribution in [0.15, 0.2) is 48.7 Å². The fraction of sp³-hybridized carbons (Fsp3) is 0.333. The predicted molar refractivity (Wildman–Crippen MR) is 127 cm³/mol. The van der Waals surface area contributed by atoms with E-state index in [4.69, 9.17) is 9.84 Å². The number of halogens is 3. The van der Waals surface area contributed by atoms with Gasteiger partial charge < -0.3 is 14.7 Å². The molecule has 0 aliphatic carbocycles. The molecule has 1 aromatic heterocycles. The summed E-state index contributed by atoms with van der Waals surface area (Å²) in [5.41, 5.74) is 0.996. The van der Waals surface area contributed by atoms with Crippen LogP contribution in [0.3, 0.4) is 0 Å². The van der Waals surface area contributed by atoms with Crippen molar-refractivity contribution in [3.8, 4) is 5.75 Å². The van der Waals surface area contributed by atoms with Crippen LogP contribution in [0, 0.1) is 0 Å². The standard InChI is InChI=1S/C24H26F3N3O3S/c1-3-30(4-2)20-9-8-17(14-21(20)33-11-10-31)22(32)29-23-28-15-19(34-23)13-16-6-5-7-18(12-16)24(25,26)27/h5-9,12,14-15,31H,3-4,10-11,13H2,1-2H3,(H,28,29,32). The second-order valence-corrected chi connectivity index (χ2v) is 8.50. The summed E-state index contributed by atoms with van der Waals surface area (Å²) >= 11 is 1.20. The highest BCUT2D eigenvalue weighted by Gasteiger charge is 2.30. The molecule has 0 aliphatic rings. The number of aromatic nitrogens is 1. The molecule has 3 aromatic rings. The summed E-state index contributed by atoms with van der Waals surface area (Å²) in [6.45, 7) is 5.49. The van der Waals surface area contributed by atoms with Crippen molar-refractivity contribution in [3.05, 3.63) is 70.2 Å². The lowest BCUT2D eigenvalue weighted by atomic mass is 10.1. The summed E-state index contributed by atoms with van der Waals surface area (Å²) in [5.74, 6) is 0.106. The second-order valence-electron chi connectivity index (χ2n) is 7.39. The van der Waals surface area contributed by atoms with Gasteiger partial charge >= 0.3 is 6.18 Å². The van der Waals surface area contributed by atoms with Crippen LogP contribution in [0.1, 0.15) is 40.2 Å². The summed E-state index contributed by atoms with van der Waals surface area (Å²) < 4.78 is 44.5. The Morgan fingerprint density at radius 2 is 1.94 bits per heavy atom. The zero-order valence-corrected chi connectivity index (χ0v) is 19.7. The minimum absolute atomic E-state index is 0.102. The number of aliphatic hydroxyl groups is 1. The van der Waals surface area contributed by atoms with Gasteiger partial charge in [-0.25, -0.2) is 4.98 Å². The first-order valence-corrected chi connectivity index (χ1v) is 11.6. The van der Waals surface area contributed by atoms with Gasteiger partial charge in [-0.3, -0.25) is 10.1 Å². The van der Waals surface area contributed by atoms with Gasteiger partial charge in [0, 0.05) is 36.1 Å². The lowest BCUT2D eigenvalue weighted by Gasteiger charge is -2.24. The molecule has 6 nitrogen and oxygen atoms in total. The van der Waals surface area contributed by atoms with Crippen molar-refractivity contribution in [2.75, 3.05) is 36.5 Å². The average Bonchev–Trinajstić information content (AvgIpc) is 3.25. The molecular weight excluding hydrogens is 467 g/mol. The molecule has 2 N–H and O–H groups in total. The van der Waals surface area contributed by atoms with Gasteiger partial charge in [0.15, 0.2) is 5.13 Å². The van der Waals surface area contributed by atoms with Crippen LogP contribution in [-0.2, 0) is 12.6 Å². The molecule has 0 atom stereocenters. The fourth-order valence-electron chi connectivity index (χ4n) is 3.43. The number of amides is 1. The number of hydrogen-bond donors (Lipinski definition) is 2. The van der Waals surface area contributed by atoms with Gasteiger partial charge in [0.2, 0.25) is 0 Å². The van der Waals surface area contributed by atoms with E-state index in [0.29, 0.717) is 22.0 Å². The van der Waals surface area contributed by atoms with E-state index in [1.807, 2.05) is 13.8 Å². The zero-order valence-electron chi connectivity index (χ0n) is 18.9. The molecule has 0 bridgehead atoms. The first-order valence-electron chi connectivity index (χ1n) is 10.8. The molecule has 0 saturated heterocycles. The first kappa shape index (κ1) is 25.5. The smallest absolute Gasteiger partial charge is 0.416 e. The zero-order chi connectivity index (χ0) is 24.7. The van der Waals surface area contributed by atoms with Crippen LogP contribution in [0.4, 0.5) is 24.0 Å². The SMILES string of the molecule is CCN(CC)c1ccc(C(=O)Nc2ncc(Cc3cccc(C(F)(F)F)c3)s2)cc1OCCO. The third-order valence-corrected chi connectivity index (χ3v) is 5.99. The number of nitrogens with zero attached hydrogens (tertiary/aromatic N) is 2. The van der Waals surface area contributed by atoms with Crippen LogP contribution in [-0.4, -0.2) is 42.3 Å². The number of benzene rings is 2. The molecule has 0 unspecified atom stereocenters. The Labute approximate surface area is 200 Å². The molecule has 0 radical (unpaired) electrons. The number of thiazole rings is 1. The maximum atomic E-state index is 12.9. The van der Waals surface area contributed by atoms with Gasteiger partial charge in [-0.1, -0.05) is 18.2 Å². The molecule has 182 valence electrons. The van der Waals surface area contributed by atoms with Crippen LogP contribution in [0.5, 0.6) is 5.75 Å². The van der Waals surface area contributed by atoms with E-state index >= 15 is 0 Å². The maximum Gasteiger partial charge on any atom is 0.416 e. The van der Waals surface area contributed by atoms with Crippen molar-refractivity contribution in [1.82, 2.24) is 4.98 Å². The summed E-state index contributed by atoms with van der Waals surface area (Å²) in [5, 5.41) is 12.2. The molecule has 10 heteroatoms. The Balaban J connectivity index is 1.73. The molecule has 0 saturated carbocycles. The minimum Gasteiger partial charge on any atom is -0.489 e. The number of carbonyl (C=O) groups is 1. The quantitative estimate of drug-likeness (QED) is 0.405. The van der Waals surface area contributed by atoms with Gasteiger partial charge in [-0.2, -0.15) is 13.2 Å². The minimum atomic E-state index is -4.40. The van der Waals surface area contributed by atoms with Crippen molar-refractivity contribution in [2.45, 2.75) is 26.4 Å². The van der Waals surface area contributed by atoms with Crippen LogP contribution in [0.25, 0.3) is 0 Å². The van der Waals surface area contributed by atoms with Crippen molar-refractivity contribution in [1.29, 1.82) is 0 Å². The summed E-state index contributed by atoms with van der Waals surface area (Å²) in [7, 11) is 0. The number of hydrogen-bond acceptors (Lipinski definition) is 6. The molecule has 0 fully saturated rings. The van der Waals surface area contributed by atoms with E-state index in [0.717, 1.165) is 35.8 Å². The van der Waals surface area contributed by atoms with Gasteiger partial charge in [0.05, 0.1) is 17.9 Å². The molecule has 34 heavy (non-hydrogen) atoms. The Kier molecular flexibility index (Phi) is 8.51. The lowest BCUT2D eigenvalue weighted by molar-refractivity contribution is -0.137. The van der Waals surface area contributed by atoms with Gasteiger partial charge in [0.1, 0.15) is 12.4 Å². The Hall–Kier alpha value is -3.11. The maximum absolute atomic E-state index is 12.9. The van der Waals surface area contributed by atoms with Gasteiger partial charge in [0.25, 0.3) is 5.91 Å². The summed E-state index contributed by atoms with van der Waals surface area (Å²) in [6.07, 6.45) is -2.58. The molecule has 3 rings (SSSR count). The van der Waals surface area contributed by atoms with Crippen LogP contribution >= 0.6 is 11.3 Å². The number of ether oxygens (including phenoxy) is 1. The Bertz CT molecular complexity index is 1110. The lowest BCUT2D eigenvalue weighted by Crippen LogP contribution is -2.23. The molecule has 0 aliphatic heterocycles. The average molecular weight is 494 g/mol. The topological polar surface area (TPSA) is 74.7 Å². The summed E-state index contributed by atoms with van der Waals surface area (Å²) in [4.78, 5) is 19.8. The first-order chi connectivity index (χ1) is 16.2. The monoisotopic (exact) mass is 493 g/mol. The van der Waals surface area contributed by atoms with E-state index in [9.17, 15) is 18.0 Å². The third kappa shape index (κ3) is 6.48. The van der Waals surface area contributed by atoms with E-state index in [-0.39, 0.29) is 25.5 Å². The molecular formula is C24H26F3N3O3S. The predicted octanol–water partition coefficient (Wildman–Crippen LogP) is 5.22. The highest BCUT2D eigenvalue weighted by atomic mass is 32.1. The molecule has 1 amide bonds. The van der Waals surface area contributed by atoms with Crippen LogP contribution in [0.2, 0.25) is 0 Å². The van der Waals surface area contributed by atoms with Gasteiger partial charge in [-0.15, -0.1) is 11.3 Å². The van der Waals surface area contributed by atoms with Crippen molar-refractivity contribution >= 4 is 28.1 Å². The van der Waals surface area contributed by atoms with E-state index in [2.05, 4.69) is 15.2 Å². The van der Waals surface area contributed by atoms with E-state index in [1.54, 1.807) is 30.5 Å². The van der Waals surface area contributed by atoms with E-state index < -0.39 is 11.7 Å². The number of rotatable bonds is 10. The van der Waals surface area contributed by atoms with Crippen LogP contribution < -0.4 is 15.0 Å². The number of alkyl halides is 3. The number of nitrogens with one attached hydrogen (secondary N) is 1. The Morgan fingerprint density at radius 3 is 2.62 bits per heavy atom. The number of anilines is 2. The number of carbonyl (C=O) groups excluding carboxylic acids is 1. The van der Waals surface area contributed by atoms with Crippen molar-refractivity contribution in [3.63, 3.8) is 0 Å².